The molecule has 0 saturated heterocycles. The van der Waals surface area contributed by atoms with Crippen molar-refractivity contribution in [2.45, 2.75) is 13.5 Å². The van der Waals surface area contributed by atoms with E-state index >= 15 is 0 Å². The lowest BCUT2D eigenvalue weighted by Crippen LogP contribution is -2.20. The predicted molar refractivity (Wildman–Crippen MR) is 89.3 cm³/mol. The SMILES string of the molecule is CC(=O)c1ccc(OCc2ccccc2)c(NC(N)=S)c1O. The molecule has 0 spiro atoms. The second-order valence-corrected chi connectivity index (χ2v) is 5.09. The van der Waals surface area contributed by atoms with Crippen LogP contribution in [-0.2, 0) is 6.61 Å². The Hall–Kier alpha value is -2.60. The fraction of sp³-hybridized carbons (Fsp3) is 0.125. The predicted octanol–water partition coefficient (Wildman–Crippen LogP) is 2.83. The number of ketones is 1. The van der Waals surface area contributed by atoms with E-state index in [-0.39, 0.29) is 27.9 Å². The normalized spacial score (nSPS) is 10.0. The zero-order chi connectivity index (χ0) is 16.1. The third-order valence-electron chi connectivity index (χ3n) is 3.00. The number of ether oxygens (including phenoxy) is 1. The summed E-state index contributed by atoms with van der Waals surface area (Å²) in [5.74, 6) is -0.136. The molecule has 0 heterocycles. The number of nitrogens with one attached hydrogen (secondary N) is 1. The molecule has 114 valence electrons. The molecule has 0 aliphatic rings. The first-order chi connectivity index (χ1) is 10.5. The first-order valence-electron chi connectivity index (χ1n) is 6.59. The lowest BCUT2D eigenvalue weighted by Gasteiger charge is -2.15. The highest BCUT2D eigenvalue weighted by molar-refractivity contribution is 7.80. The summed E-state index contributed by atoms with van der Waals surface area (Å²) in [6, 6.07) is 12.7. The average Bonchev–Trinajstić information content (AvgIpc) is 2.48. The summed E-state index contributed by atoms with van der Waals surface area (Å²) in [5.41, 5.74) is 6.80. The van der Waals surface area contributed by atoms with E-state index in [0.717, 1.165) is 5.56 Å². The Morgan fingerprint density at radius 1 is 1.27 bits per heavy atom. The molecule has 2 aromatic carbocycles. The monoisotopic (exact) mass is 316 g/mol. The smallest absolute Gasteiger partial charge is 0.168 e. The van der Waals surface area contributed by atoms with Crippen LogP contribution in [0.15, 0.2) is 42.5 Å². The second-order valence-electron chi connectivity index (χ2n) is 4.65. The molecule has 0 saturated carbocycles. The highest BCUT2D eigenvalue weighted by atomic mass is 32.1. The molecule has 0 aromatic heterocycles. The Morgan fingerprint density at radius 3 is 2.55 bits per heavy atom. The van der Waals surface area contributed by atoms with E-state index in [2.05, 4.69) is 5.32 Å². The van der Waals surface area contributed by atoms with Crippen molar-refractivity contribution in [2.24, 2.45) is 5.73 Å². The van der Waals surface area contributed by atoms with E-state index in [1.54, 1.807) is 6.07 Å². The number of carbonyl (C=O) groups is 1. The van der Waals surface area contributed by atoms with Crippen LogP contribution in [0.2, 0.25) is 0 Å². The second kappa shape index (κ2) is 6.91. The molecule has 0 bridgehead atoms. The number of rotatable bonds is 5. The Kier molecular flexibility index (Phi) is 4.95. The minimum absolute atomic E-state index is 0.0273. The van der Waals surface area contributed by atoms with Gasteiger partial charge in [0, 0.05) is 0 Å². The topological polar surface area (TPSA) is 84.6 Å². The number of aromatic hydroxyl groups is 1. The first kappa shape index (κ1) is 15.8. The molecule has 5 nitrogen and oxygen atoms in total. The first-order valence-corrected chi connectivity index (χ1v) is 7.00. The van der Waals surface area contributed by atoms with Crippen LogP contribution in [0.25, 0.3) is 0 Å². The maximum Gasteiger partial charge on any atom is 0.168 e. The number of benzene rings is 2. The van der Waals surface area contributed by atoms with Crippen LogP contribution in [0.3, 0.4) is 0 Å². The molecule has 6 heteroatoms. The summed E-state index contributed by atoms with van der Waals surface area (Å²) < 4.78 is 5.69. The minimum Gasteiger partial charge on any atom is -0.505 e. The van der Waals surface area contributed by atoms with Gasteiger partial charge in [-0.25, -0.2) is 0 Å². The van der Waals surface area contributed by atoms with Crippen molar-refractivity contribution in [3.8, 4) is 11.5 Å². The zero-order valence-corrected chi connectivity index (χ0v) is 12.8. The number of thiocarbonyl (C=S) groups is 1. The molecule has 2 rings (SSSR count). The van der Waals surface area contributed by atoms with Crippen LogP contribution in [0.1, 0.15) is 22.8 Å². The van der Waals surface area contributed by atoms with E-state index in [4.69, 9.17) is 22.7 Å². The molecule has 0 radical (unpaired) electrons. The summed E-state index contributed by atoms with van der Waals surface area (Å²) in [4.78, 5) is 11.5. The Balaban J connectivity index is 2.31. The van der Waals surface area contributed by atoms with Gasteiger partial charge in [-0.2, -0.15) is 0 Å². The molecule has 0 aliphatic heterocycles. The summed E-state index contributed by atoms with van der Waals surface area (Å²) >= 11 is 4.80. The number of carbonyl (C=O) groups excluding carboxylic acids is 1. The van der Waals surface area contributed by atoms with Gasteiger partial charge >= 0.3 is 0 Å². The van der Waals surface area contributed by atoms with Crippen LogP contribution >= 0.6 is 12.2 Å². The van der Waals surface area contributed by atoms with Crippen LogP contribution in [0.5, 0.6) is 11.5 Å². The highest BCUT2D eigenvalue weighted by Crippen LogP contribution is 2.37. The molecule has 2 aromatic rings. The van der Waals surface area contributed by atoms with Crippen molar-refractivity contribution < 1.29 is 14.6 Å². The van der Waals surface area contributed by atoms with E-state index in [9.17, 15) is 9.90 Å². The quantitative estimate of drug-likeness (QED) is 0.447. The van der Waals surface area contributed by atoms with Crippen molar-refractivity contribution in [3.05, 3.63) is 53.6 Å². The Bertz CT molecular complexity index is 702. The number of hydrogen-bond donors (Lipinski definition) is 3. The van der Waals surface area contributed by atoms with Gasteiger partial charge in [-0.15, -0.1) is 0 Å². The van der Waals surface area contributed by atoms with E-state index in [1.807, 2.05) is 30.3 Å². The lowest BCUT2D eigenvalue weighted by atomic mass is 10.1. The molecular formula is C16H16N2O3S. The van der Waals surface area contributed by atoms with Gasteiger partial charge in [0.15, 0.2) is 16.6 Å². The number of hydrogen-bond acceptors (Lipinski definition) is 4. The van der Waals surface area contributed by atoms with Gasteiger partial charge in [0.05, 0.1) is 5.56 Å². The third-order valence-corrected chi connectivity index (χ3v) is 3.11. The van der Waals surface area contributed by atoms with Gasteiger partial charge in [0.2, 0.25) is 0 Å². The minimum atomic E-state index is -0.266. The maximum absolute atomic E-state index is 11.5. The number of phenols is 1. The molecule has 22 heavy (non-hydrogen) atoms. The van der Waals surface area contributed by atoms with Crippen molar-refractivity contribution in [1.29, 1.82) is 0 Å². The highest BCUT2D eigenvalue weighted by Gasteiger charge is 2.17. The van der Waals surface area contributed by atoms with Gasteiger partial charge in [0.1, 0.15) is 18.0 Å². The molecule has 0 unspecified atom stereocenters. The van der Waals surface area contributed by atoms with Crippen LogP contribution < -0.4 is 15.8 Å². The fourth-order valence-corrected chi connectivity index (χ4v) is 2.06. The zero-order valence-electron chi connectivity index (χ0n) is 12.0. The van der Waals surface area contributed by atoms with E-state index < -0.39 is 0 Å². The van der Waals surface area contributed by atoms with Gasteiger partial charge in [-0.3, -0.25) is 4.79 Å². The summed E-state index contributed by atoms with van der Waals surface area (Å²) in [6.07, 6.45) is 0. The fourth-order valence-electron chi connectivity index (χ4n) is 1.96. The Labute approximate surface area is 133 Å². The maximum atomic E-state index is 11.5. The lowest BCUT2D eigenvalue weighted by molar-refractivity contribution is 0.101. The van der Waals surface area contributed by atoms with Crippen molar-refractivity contribution in [1.82, 2.24) is 0 Å². The summed E-state index contributed by atoms with van der Waals surface area (Å²) in [5, 5.41) is 12.8. The third kappa shape index (κ3) is 3.73. The van der Waals surface area contributed by atoms with Crippen LogP contribution in [0, 0.1) is 0 Å². The van der Waals surface area contributed by atoms with Crippen molar-refractivity contribution in [3.63, 3.8) is 0 Å². The van der Waals surface area contributed by atoms with Crippen molar-refractivity contribution in [2.75, 3.05) is 5.32 Å². The summed E-state index contributed by atoms with van der Waals surface area (Å²) in [7, 11) is 0. The van der Waals surface area contributed by atoms with Gasteiger partial charge in [-0.05, 0) is 36.8 Å². The molecular weight excluding hydrogens is 300 g/mol. The average molecular weight is 316 g/mol. The van der Waals surface area contributed by atoms with Gasteiger partial charge in [0.25, 0.3) is 0 Å². The largest absolute Gasteiger partial charge is 0.505 e. The number of phenolic OH excluding ortho intramolecular Hbond substituents is 1. The van der Waals surface area contributed by atoms with E-state index in [1.165, 1.54) is 13.0 Å². The standard InChI is InChI=1S/C16H16N2O3S/c1-10(19)12-7-8-13(14(15(12)20)18-16(17)22)21-9-11-5-3-2-4-6-11/h2-8,20H,9H2,1H3,(H3,17,18,22). The number of anilines is 1. The van der Waals surface area contributed by atoms with E-state index in [0.29, 0.717) is 12.4 Å². The Morgan fingerprint density at radius 2 is 1.95 bits per heavy atom. The van der Waals surface area contributed by atoms with Crippen molar-refractivity contribution >= 4 is 28.8 Å². The molecule has 0 aliphatic carbocycles. The molecule has 0 amide bonds. The molecule has 0 atom stereocenters. The van der Waals surface area contributed by atoms with Crippen LogP contribution in [0.4, 0.5) is 5.69 Å². The van der Waals surface area contributed by atoms with Gasteiger partial charge < -0.3 is 20.9 Å². The van der Waals surface area contributed by atoms with Crippen LogP contribution in [-0.4, -0.2) is 16.0 Å². The number of nitrogens with two attached hydrogens (primary N) is 1. The number of Topliss-reactive ketones (excluding diaryl/α,β-unsaturated/α-hetero) is 1. The molecule has 4 N–H and O–H groups in total. The molecule has 0 fully saturated rings. The summed E-state index contributed by atoms with van der Waals surface area (Å²) in [6.45, 7) is 1.68. The van der Waals surface area contributed by atoms with Gasteiger partial charge in [-0.1, -0.05) is 30.3 Å².